The summed E-state index contributed by atoms with van der Waals surface area (Å²) in [6, 6.07) is 4.94. The first kappa shape index (κ1) is 16.1. The maximum atomic E-state index is 12.2. The molecule has 24 heavy (non-hydrogen) atoms. The number of fused-ring (bicyclic) bond motifs is 1. The van der Waals surface area contributed by atoms with E-state index in [9.17, 15) is 4.79 Å². The monoisotopic (exact) mass is 332 g/mol. The van der Waals surface area contributed by atoms with Gasteiger partial charge in [-0.1, -0.05) is 0 Å². The highest BCUT2D eigenvalue weighted by Gasteiger charge is 2.19. The third-order valence-electron chi connectivity index (χ3n) is 3.62. The zero-order valence-corrected chi connectivity index (χ0v) is 13.6. The van der Waals surface area contributed by atoms with Crippen LogP contribution in [0.2, 0.25) is 0 Å². The lowest BCUT2D eigenvalue weighted by Crippen LogP contribution is -2.37. The fourth-order valence-corrected chi connectivity index (χ4v) is 2.45. The van der Waals surface area contributed by atoms with E-state index in [2.05, 4.69) is 15.7 Å². The molecular formula is C16H20N4O4. The number of amides is 1. The van der Waals surface area contributed by atoms with E-state index in [1.807, 2.05) is 13.2 Å². The van der Waals surface area contributed by atoms with Crippen molar-refractivity contribution in [3.05, 3.63) is 36.2 Å². The van der Waals surface area contributed by atoms with Crippen molar-refractivity contribution in [2.45, 2.75) is 6.04 Å². The highest BCUT2D eigenvalue weighted by Crippen LogP contribution is 2.34. The summed E-state index contributed by atoms with van der Waals surface area (Å²) in [5.41, 5.74) is 0.814. The van der Waals surface area contributed by atoms with Crippen molar-refractivity contribution >= 4 is 5.91 Å². The number of ether oxygens (including phenoxy) is 3. The second-order valence-electron chi connectivity index (χ2n) is 5.32. The van der Waals surface area contributed by atoms with Crippen LogP contribution in [0.1, 0.15) is 11.6 Å². The number of hydrogen-bond donors (Lipinski definition) is 2. The Kier molecular flexibility index (Phi) is 4.85. The van der Waals surface area contributed by atoms with Gasteiger partial charge in [-0.2, -0.15) is 5.10 Å². The first-order valence-corrected chi connectivity index (χ1v) is 7.63. The third kappa shape index (κ3) is 3.60. The van der Waals surface area contributed by atoms with Crippen LogP contribution in [0.4, 0.5) is 0 Å². The number of hydrogen-bond acceptors (Lipinski definition) is 6. The maximum absolute atomic E-state index is 12.2. The van der Waals surface area contributed by atoms with Crippen LogP contribution in [0, 0.1) is 0 Å². The number of carbonyl (C=O) groups is 1. The number of carbonyl (C=O) groups excluding carboxylic acids is 1. The fourth-order valence-electron chi connectivity index (χ4n) is 2.45. The number of benzene rings is 1. The van der Waals surface area contributed by atoms with Crippen LogP contribution < -0.4 is 24.8 Å². The summed E-state index contributed by atoms with van der Waals surface area (Å²) in [6.07, 6.45) is 3.48. The molecule has 1 aliphatic heterocycles. The molecule has 0 spiro atoms. The fraction of sp³-hybridized carbons (Fsp3) is 0.375. The van der Waals surface area contributed by atoms with Gasteiger partial charge in [0.15, 0.2) is 11.5 Å². The van der Waals surface area contributed by atoms with Gasteiger partial charge in [-0.25, -0.2) is 0 Å². The van der Waals surface area contributed by atoms with E-state index in [1.165, 1.54) is 0 Å². The van der Waals surface area contributed by atoms with E-state index < -0.39 is 6.04 Å². The minimum Gasteiger partial charge on any atom is -0.492 e. The minimum absolute atomic E-state index is 0.125. The van der Waals surface area contributed by atoms with Gasteiger partial charge in [-0.05, 0) is 19.2 Å². The number of likely N-dealkylation sites (N-methyl/N-ethyl adjacent to an activating group) is 1. The SMILES string of the molecule is CNC(C(=O)NCCOc1ccc2c(c1)OCO2)c1cnn(C)c1. The van der Waals surface area contributed by atoms with E-state index in [0.717, 1.165) is 5.56 Å². The molecule has 8 nitrogen and oxygen atoms in total. The topological polar surface area (TPSA) is 86.6 Å². The van der Waals surface area contributed by atoms with Crippen molar-refractivity contribution in [3.63, 3.8) is 0 Å². The molecule has 0 saturated heterocycles. The van der Waals surface area contributed by atoms with Crippen molar-refractivity contribution < 1.29 is 19.0 Å². The summed E-state index contributed by atoms with van der Waals surface area (Å²) in [7, 11) is 3.55. The average molecular weight is 332 g/mol. The lowest BCUT2D eigenvalue weighted by molar-refractivity contribution is -0.123. The van der Waals surface area contributed by atoms with Crippen molar-refractivity contribution in [1.29, 1.82) is 0 Å². The standard InChI is InChI=1S/C16H20N4O4/c1-17-15(11-8-19-20(2)9-11)16(21)18-5-6-22-12-3-4-13-14(7-12)24-10-23-13/h3-4,7-9,15,17H,5-6,10H2,1-2H3,(H,18,21). The number of aryl methyl sites for hydroxylation is 1. The van der Waals surface area contributed by atoms with E-state index in [4.69, 9.17) is 14.2 Å². The van der Waals surface area contributed by atoms with Crippen LogP contribution in [0.15, 0.2) is 30.6 Å². The van der Waals surface area contributed by atoms with Gasteiger partial charge in [0.25, 0.3) is 0 Å². The molecule has 1 aromatic carbocycles. The van der Waals surface area contributed by atoms with E-state index in [0.29, 0.717) is 30.4 Å². The Labute approximate surface area is 139 Å². The third-order valence-corrected chi connectivity index (χ3v) is 3.62. The molecule has 0 aliphatic carbocycles. The van der Waals surface area contributed by atoms with Crippen molar-refractivity contribution in [1.82, 2.24) is 20.4 Å². The van der Waals surface area contributed by atoms with Gasteiger partial charge in [0.05, 0.1) is 12.7 Å². The van der Waals surface area contributed by atoms with E-state index in [-0.39, 0.29) is 12.7 Å². The summed E-state index contributed by atoms with van der Waals surface area (Å²) in [5.74, 6) is 1.93. The van der Waals surface area contributed by atoms with Gasteiger partial charge in [-0.15, -0.1) is 0 Å². The normalized spacial score (nSPS) is 13.6. The molecule has 0 bridgehead atoms. The summed E-state index contributed by atoms with van der Waals surface area (Å²) >= 11 is 0. The Morgan fingerprint density at radius 2 is 2.25 bits per heavy atom. The van der Waals surface area contributed by atoms with Crippen LogP contribution in [-0.2, 0) is 11.8 Å². The zero-order valence-electron chi connectivity index (χ0n) is 13.6. The highest BCUT2D eigenvalue weighted by molar-refractivity contribution is 5.83. The molecule has 1 atom stereocenters. The molecule has 1 aromatic heterocycles. The molecule has 1 amide bonds. The van der Waals surface area contributed by atoms with Crippen molar-refractivity contribution in [3.8, 4) is 17.2 Å². The molecule has 3 rings (SSSR count). The lowest BCUT2D eigenvalue weighted by atomic mass is 10.1. The zero-order chi connectivity index (χ0) is 16.9. The molecule has 0 saturated carbocycles. The summed E-state index contributed by atoms with van der Waals surface area (Å²) < 4.78 is 17.8. The molecule has 0 fully saturated rings. The van der Waals surface area contributed by atoms with E-state index >= 15 is 0 Å². The van der Waals surface area contributed by atoms with Gasteiger partial charge < -0.3 is 24.8 Å². The number of rotatable bonds is 7. The number of nitrogens with one attached hydrogen (secondary N) is 2. The Morgan fingerprint density at radius 3 is 3.00 bits per heavy atom. The molecule has 8 heteroatoms. The predicted molar refractivity (Wildman–Crippen MR) is 86.1 cm³/mol. The van der Waals surface area contributed by atoms with E-state index in [1.54, 1.807) is 36.1 Å². The minimum atomic E-state index is -0.441. The molecular weight excluding hydrogens is 312 g/mol. The lowest BCUT2D eigenvalue weighted by Gasteiger charge is -2.15. The second kappa shape index (κ2) is 7.22. The van der Waals surface area contributed by atoms with Crippen LogP contribution in [0.3, 0.4) is 0 Å². The van der Waals surface area contributed by atoms with Crippen molar-refractivity contribution in [2.24, 2.45) is 7.05 Å². The van der Waals surface area contributed by atoms with Gasteiger partial charge >= 0.3 is 0 Å². The van der Waals surface area contributed by atoms with Crippen LogP contribution >= 0.6 is 0 Å². The first-order valence-electron chi connectivity index (χ1n) is 7.63. The van der Waals surface area contributed by atoms with Gasteiger partial charge in [0, 0.05) is 24.9 Å². The van der Waals surface area contributed by atoms with Crippen LogP contribution in [0.25, 0.3) is 0 Å². The Balaban J connectivity index is 1.46. The molecule has 128 valence electrons. The highest BCUT2D eigenvalue weighted by atomic mass is 16.7. The van der Waals surface area contributed by atoms with Crippen LogP contribution in [0.5, 0.6) is 17.2 Å². The van der Waals surface area contributed by atoms with Gasteiger partial charge in [-0.3, -0.25) is 9.48 Å². The largest absolute Gasteiger partial charge is 0.492 e. The molecule has 1 unspecified atom stereocenters. The summed E-state index contributed by atoms with van der Waals surface area (Å²) in [5, 5.41) is 9.91. The van der Waals surface area contributed by atoms with Gasteiger partial charge in [0.2, 0.25) is 12.7 Å². The Morgan fingerprint density at radius 1 is 1.42 bits per heavy atom. The summed E-state index contributed by atoms with van der Waals surface area (Å²) in [4.78, 5) is 12.2. The smallest absolute Gasteiger partial charge is 0.241 e. The molecule has 2 N–H and O–H groups in total. The quantitative estimate of drug-likeness (QED) is 0.722. The maximum Gasteiger partial charge on any atom is 0.241 e. The van der Waals surface area contributed by atoms with Crippen LogP contribution in [-0.4, -0.2) is 42.7 Å². The average Bonchev–Trinajstić information content (AvgIpc) is 3.21. The van der Waals surface area contributed by atoms with Gasteiger partial charge in [0.1, 0.15) is 18.4 Å². The molecule has 0 radical (unpaired) electrons. The predicted octanol–water partition coefficient (Wildman–Crippen LogP) is 0.605. The molecule has 2 aromatic rings. The Hall–Kier alpha value is -2.74. The second-order valence-corrected chi connectivity index (χ2v) is 5.32. The molecule has 1 aliphatic rings. The molecule has 2 heterocycles. The van der Waals surface area contributed by atoms with Crippen molar-refractivity contribution in [2.75, 3.05) is 27.0 Å². The number of aromatic nitrogens is 2. The number of nitrogens with zero attached hydrogens (tertiary/aromatic N) is 2. The summed E-state index contributed by atoms with van der Waals surface area (Å²) in [6.45, 7) is 0.981. The Bertz CT molecular complexity index is 716. The first-order chi connectivity index (χ1) is 11.7.